The van der Waals surface area contributed by atoms with Crippen LogP contribution in [0.5, 0.6) is 5.75 Å². The zero-order valence-electron chi connectivity index (χ0n) is 9.47. The van der Waals surface area contributed by atoms with Crippen LogP contribution >= 0.6 is 15.9 Å². The van der Waals surface area contributed by atoms with Crippen molar-refractivity contribution in [3.05, 3.63) is 22.7 Å². The second-order valence-electron chi connectivity index (χ2n) is 3.53. The Morgan fingerprint density at radius 1 is 1.22 bits per heavy atom. The summed E-state index contributed by atoms with van der Waals surface area (Å²) in [5.74, 6) is 0.494. The highest BCUT2D eigenvalue weighted by Crippen LogP contribution is 2.30. The van der Waals surface area contributed by atoms with Crippen molar-refractivity contribution in [2.45, 2.75) is 12.6 Å². The van der Waals surface area contributed by atoms with Crippen LogP contribution in [0.3, 0.4) is 0 Å². The third-order valence-electron chi connectivity index (χ3n) is 1.94. The van der Waals surface area contributed by atoms with Gasteiger partial charge in [-0.05, 0) is 28.1 Å². The van der Waals surface area contributed by atoms with Crippen molar-refractivity contribution in [3.8, 4) is 5.75 Å². The fraction of sp³-hybridized carbons (Fsp3) is 0.455. The summed E-state index contributed by atoms with van der Waals surface area (Å²) < 4.78 is 45.8. The molecule has 1 aromatic rings. The molecule has 7 heteroatoms. The minimum Gasteiger partial charge on any atom is -0.490 e. The van der Waals surface area contributed by atoms with E-state index in [1.54, 1.807) is 18.2 Å². The second kappa shape index (κ2) is 6.84. The number of halogens is 4. The van der Waals surface area contributed by atoms with Gasteiger partial charge in [-0.1, -0.05) is 6.07 Å². The van der Waals surface area contributed by atoms with E-state index in [0.717, 1.165) is 0 Å². The first-order valence-electron chi connectivity index (χ1n) is 5.21. The predicted molar refractivity (Wildman–Crippen MR) is 65.5 cm³/mol. The molecule has 0 heterocycles. The number of alkyl halides is 3. The zero-order valence-corrected chi connectivity index (χ0v) is 11.1. The standard InChI is InChI=1S/C11H13BrF3NO2/c12-8-3-1-4-9(16)10(8)18-6-2-5-17-7-11(13,14)15/h1,3-4H,2,5-7,16H2. The molecule has 0 aliphatic rings. The number of para-hydroxylation sites is 1. The van der Waals surface area contributed by atoms with Gasteiger partial charge in [0.1, 0.15) is 6.61 Å². The van der Waals surface area contributed by atoms with E-state index in [0.29, 0.717) is 22.3 Å². The lowest BCUT2D eigenvalue weighted by Gasteiger charge is -2.11. The number of nitrogen functional groups attached to an aromatic ring is 1. The maximum absolute atomic E-state index is 11.8. The van der Waals surface area contributed by atoms with E-state index in [4.69, 9.17) is 10.5 Å². The summed E-state index contributed by atoms with van der Waals surface area (Å²) in [7, 11) is 0. The van der Waals surface area contributed by atoms with Crippen molar-refractivity contribution < 1.29 is 22.6 Å². The first-order chi connectivity index (χ1) is 8.40. The van der Waals surface area contributed by atoms with Gasteiger partial charge in [0.25, 0.3) is 0 Å². The molecule has 3 nitrogen and oxygen atoms in total. The normalized spacial score (nSPS) is 11.6. The van der Waals surface area contributed by atoms with Crippen LogP contribution in [0, 0.1) is 0 Å². The molecule has 0 radical (unpaired) electrons. The lowest BCUT2D eigenvalue weighted by Crippen LogP contribution is -2.18. The largest absolute Gasteiger partial charge is 0.490 e. The van der Waals surface area contributed by atoms with Gasteiger partial charge in [0.05, 0.1) is 23.4 Å². The van der Waals surface area contributed by atoms with E-state index in [-0.39, 0.29) is 13.2 Å². The van der Waals surface area contributed by atoms with Gasteiger partial charge in [-0.25, -0.2) is 0 Å². The van der Waals surface area contributed by atoms with Crippen molar-refractivity contribution in [1.82, 2.24) is 0 Å². The van der Waals surface area contributed by atoms with Crippen LogP contribution in [0.25, 0.3) is 0 Å². The third kappa shape index (κ3) is 5.59. The lowest BCUT2D eigenvalue weighted by atomic mass is 10.3. The van der Waals surface area contributed by atoms with Crippen LogP contribution in [0.2, 0.25) is 0 Å². The molecule has 102 valence electrons. The molecular formula is C11H13BrF3NO2. The number of hydrogen-bond acceptors (Lipinski definition) is 3. The SMILES string of the molecule is Nc1cccc(Br)c1OCCCOCC(F)(F)F. The summed E-state index contributed by atoms with van der Waals surface area (Å²) in [5, 5.41) is 0. The molecule has 1 aromatic carbocycles. The predicted octanol–water partition coefficient (Wildman–Crippen LogP) is 3.38. The van der Waals surface area contributed by atoms with Crippen molar-refractivity contribution in [2.75, 3.05) is 25.6 Å². The molecule has 1 rings (SSSR count). The Kier molecular flexibility index (Phi) is 5.74. The van der Waals surface area contributed by atoms with Crippen LogP contribution in [-0.2, 0) is 4.74 Å². The number of hydrogen-bond donors (Lipinski definition) is 1. The number of benzene rings is 1. The minimum atomic E-state index is -4.28. The van der Waals surface area contributed by atoms with E-state index in [1.807, 2.05) is 0 Å². The molecule has 0 aliphatic heterocycles. The van der Waals surface area contributed by atoms with Gasteiger partial charge >= 0.3 is 6.18 Å². The van der Waals surface area contributed by atoms with Crippen molar-refractivity contribution in [1.29, 1.82) is 0 Å². The average Bonchev–Trinajstić information content (AvgIpc) is 2.25. The van der Waals surface area contributed by atoms with Crippen molar-refractivity contribution >= 4 is 21.6 Å². The van der Waals surface area contributed by atoms with Crippen LogP contribution in [-0.4, -0.2) is 26.0 Å². The summed E-state index contributed by atoms with van der Waals surface area (Å²) in [6.07, 6.45) is -3.93. The first kappa shape index (κ1) is 15.1. The molecular weight excluding hydrogens is 315 g/mol. The molecule has 18 heavy (non-hydrogen) atoms. The molecule has 0 aromatic heterocycles. The van der Waals surface area contributed by atoms with Crippen LogP contribution < -0.4 is 10.5 Å². The molecule has 0 fully saturated rings. The molecule has 0 bridgehead atoms. The van der Waals surface area contributed by atoms with Gasteiger partial charge in [0, 0.05) is 6.42 Å². The maximum Gasteiger partial charge on any atom is 0.411 e. The molecule has 0 spiro atoms. The molecule has 0 aliphatic carbocycles. The van der Waals surface area contributed by atoms with Gasteiger partial charge < -0.3 is 15.2 Å². The van der Waals surface area contributed by atoms with E-state index >= 15 is 0 Å². The summed E-state index contributed by atoms with van der Waals surface area (Å²) in [5.41, 5.74) is 6.16. The monoisotopic (exact) mass is 327 g/mol. The minimum absolute atomic E-state index is 0.0101. The van der Waals surface area contributed by atoms with Crippen molar-refractivity contribution in [2.24, 2.45) is 0 Å². The fourth-order valence-electron chi connectivity index (χ4n) is 1.20. The first-order valence-corrected chi connectivity index (χ1v) is 6.01. The summed E-state index contributed by atoms with van der Waals surface area (Å²) >= 11 is 3.27. The fourth-order valence-corrected chi connectivity index (χ4v) is 1.70. The smallest absolute Gasteiger partial charge is 0.411 e. The van der Waals surface area contributed by atoms with Gasteiger partial charge in [-0.2, -0.15) is 13.2 Å². The van der Waals surface area contributed by atoms with Crippen LogP contribution in [0.1, 0.15) is 6.42 Å². The molecule has 0 unspecified atom stereocenters. The van der Waals surface area contributed by atoms with E-state index < -0.39 is 12.8 Å². The van der Waals surface area contributed by atoms with Crippen LogP contribution in [0.15, 0.2) is 22.7 Å². The number of nitrogens with two attached hydrogens (primary N) is 1. The van der Waals surface area contributed by atoms with Gasteiger partial charge in [-0.3, -0.25) is 0 Å². The molecule has 0 saturated heterocycles. The van der Waals surface area contributed by atoms with E-state index in [1.165, 1.54) is 0 Å². The Hall–Kier alpha value is -0.950. The lowest BCUT2D eigenvalue weighted by molar-refractivity contribution is -0.174. The van der Waals surface area contributed by atoms with Crippen LogP contribution in [0.4, 0.5) is 18.9 Å². The Morgan fingerprint density at radius 3 is 2.56 bits per heavy atom. The molecule has 2 N–H and O–H groups in total. The third-order valence-corrected chi connectivity index (χ3v) is 2.57. The van der Waals surface area contributed by atoms with Gasteiger partial charge in [-0.15, -0.1) is 0 Å². The Bertz CT molecular complexity index is 365. The number of anilines is 1. The molecule has 0 saturated carbocycles. The van der Waals surface area contributed by atoms with Gasteiger partial charge in [0.2, 0.25) is 0 Å². The maximum atomic E-state index is 11.8. The Balaban J connectivity index is 2.22. The van der Waals surface area contributed by atoms with Crippen molar-refractivity contribution in [3.63, 3.8) is 0 Å². The summed E-state index contributed by atoms with van der Waals surface area (Å²) in [4.78, 5) is 0. The summed E-state index contributed by atoms with van der Waals surface area (Å²) in [6, 6.07) is 5.21. The Labute approximate surface area is 111 Å². The number of rotatable bonds is 6. The quantitative estimate of drug-likeness (QED) is 0.643. The average molecular weight is 328 g/mol. The molecule has 0 atom stereocenters. The topological polar surface area (TPSA) is 44.5 Å². The van der Waals surface area contributed by atoms with E-state index in [2.05, 4.69) is 20.7 Å². The summed E-state index contributed by atoms with van der Waals surface area (Å²) in [6.45, 7) is -1.00. The van der Waals surface area contributed by atoms with E-state index in [9.17, 15) is 13.2 Å². The second-order valence-corrected chi connectivity index (χ2v) is 4.38. The molecule has 0 amide bonds. The highest BCUT2D eigenvalue weighted by Gasteiger charge is 2.27. The highest BCUT2D eigenvalue weighted by atomic mass is 79.9. The Morgan fingerprint density at radius 2 is 1.94 bits per heavy atom. The number of ether oxygens (including phenoxy) is 2. The highest BCUT2D eigenvalue weighted by molar-refractivity contribution is 9.10. The van der Waals surface area contributed by atoms with Gasteiger partial charge in [0.15, 0.2) is 5.75 Å². The zero-order chi connectivity index (χ0) is 13.6.